The number of benzene rings is 1. The van der Waals surface area contributed by atoms with E-state index >= 15 is 0 Å². The van der Waals surface area contributed by atoms with Gasteiger partial charge in [-0.05, 0) is 76.0 Å². The van der Waals surface area contributed by atoms with Crippen LogP contribution in [-0.4, -0.2) is 17.7 Å². The van der Waals surface area contributed by atoms with E-state index < -0.39 is 0 Å². The van der Waals surface area contributed by atoms with Crippen LogP contribution in [0.1, 0.15) is 93.7 Å². The first-order chi connectivity index (χ1) is 15.9. The molecule has 33 heavy (non-hydrogen) atoms. The minimum atomic E-state index is 0.0400. The molecule has 3 aliphatic carbocycles. The van der Waals surface area contributed by atoms with E-state index in [1.54, 1.807) is 0 Å². The fourth-order valence-electron chi connectivity index (χ4n) is 6.02. The van der Waals surface area contributed by atoms with Gasteiger partial charge in [0.2, 0.25) is 17.7 Å². The van der Waals surface area contributed by atoms with Crippen molar-refractivity contribution in [3.05, 3.63) is 16.7 Å². The van der Waals surface area contributed by atoms with Crippen LogP contribution in [0.15, 0.2) is 0 Å². The summed E-state index contributed by atoms with van der Waals surface area (Å²) in [5.74, 6) is 0.255. The van der Waals surface area contributed by atoms with Crippen LogP contribution in [0.5, 0.6) is 0 Å². The van der Waals surface area contributed by atoms with Crippen LogP contribution in [-0.2, 0) is 14.4 Å². The number of nitrogens with one attached hydrogen (secondary N) is 3. The molecule has 0 saturated heterocycles. The van der Waals surface area contributed by atoms with Gasteiger partial charge < -0.3 is 16.0 Å². The molecule has 0 unspecified atom stereocenters. The summed E-state index contributed by atoms with van der Waals surface area (Å²) in [7, 11) is 0. The third-order valence-electron chi connectivity index (χ3n) is 8.17. The molecule has 3 aliphatic rings. The van der Waals surface area contributed by atoms with Gasteiger partial charge >= 0.3 is 0 Å². The van der Waals surface area contributed by atoms with Gasteiger partial charge in [-0.3, -0.25) is 14.4 Å². The average molecular weight is 454 g/mol. The second-order valence-corrected chi connectivity index (χ2v) is 10.4. The molecule has 3 saturated carbocycles. The zero-order valence-electron chi connectivity index (χ0n) is 20.4. The van der Waals surface area contributed by atoms with Gasteiger partial charge in [0.25, 0.3) is 0 Å². The molecule has 6 heteroatoms. The van der Waals surface area contributed by atoms with Gasteiger partial charge in [0, 0.05) is 17.8 Å². The summed E-state index contributed by atoms with van der Waals surface area (Å²) >= 11 is 0. The quantitative estimate of drug-likeness (QED) is 0.494. The average Bonchev–Trinajstić information content (AvgIpc) is 3.59. The van der Waals surface area contributed by atoms with Crippen molar-refractivity contribution in [1.29, 1.82) is 0 Å². The third-order valence-corrected chi connectivity index (χ3v) is 8.17. The number of carbonyl (C=O) groups is 3. The Hall–Kier alpha value is -2.37. The SMILES string of the molecule is Cc1c(NC(=O)C2CCCC2)c(C)c(NC(=O)C2CCCC2)c(C)c1NC(=O)C1CCCC1. The Bertz CT molecular complexity index is 781. The fraction of sp³-hybridized carbons (Fsp3) is 0.667. The Morgan fingerprint density at radius 3 is 0.909 bits per heavy atom. The van der Waals surface area contributed by atoms with Gasteiger partial charge in [0.15, 0.2) is 0 Å². The lowest BCUT2D eigenvalue weighted by Gasteiger charge is -2.25. The number of hydrogen-bond acceptors (Lipinski definition) is 3. The Morgan fingerprint density at radius 2 is 0.697 bits per heavy atom. The fourth-order valence-corrected chi connectivity index (χ4v) is 6.02. The molecule has 0 atom stereocenters. The summed E-state index contributed by atoms with van der Waals surface area (Å²) < 4.78 is 0. The molecule has 0 radical (unpaired) electrons. The van der Waals surface area contributed by atoms with Crippen molar-refractivity contribution in [3.8, 4) is 0 Å². The first-order valence-electron chi connectivity index (χ1n) is 12.9. The topological polar surface area (TPSA) is 87.3 Å². The standard InChI is InChI=1S/C27H39N3O3/c1-16-22(28-25(31)19-10-4-5-11-19)17(2)24(30-27(33)21-14-8-9-15-21)18(3)23(16)29-26(32)20-12-6-7-13-20/h19-21H,4-15H2,1-3H3,(H,28,31)(H,29,32)(H,30,33). The second-order valence-electron chi connectivity index (χ2n) is 10.4. The van der Waals surface area contributed by atoms with Gasteiger partial charge in [0.05, 0.1) is 17.1 Å². The van der Waals surface area contributed by atoms with Gasteiger partial charge in [-0.15, -0.1) is 0 Å². The minimum Gasteiger partial charge on any atom is -0.325 e. The first kappa shape index (κ1) is 23.8. The van der Waals surface area contributed by atoms with Crippen LogP contribution < -0.4 is 16.0 Å². The van der Waals surface area contributed by atoms with E-state index in [2.05, 4.69) is 16.0 Å². The molecule has 0 bridgehead atoms. The molecular formula is C27H39N3O3. The maximum atomic E-state index is 13.0. The zero-order valence-corrected chi connectivity index (χ0v) is 20.4. The molecule has 3 amide bonds. The van der Waals surface area contributed by atoms with Gasteiger partial charge in [-0.1, -0.05) is 38.5 Å². The number of anilines is 3. The molecule has 0 spiro atoms. The predicted molar refractivity (Wildman–Crippen MR) is 132 cm³/mol. The molecule has 0 heterocycles. The molecule has 1 aromatic carbocycles. The van der Waals surface area contributed by atoms with Crippen LogP contribution in [0.2, 0.25) is 0 Å². The van der Waals surface area contributed by atoms with E-state index in [1.807, 2.05) is 20.8 Å². The molecule has 180 valence electrons. The summed E-state index contributed by atoms with van der Waals surface area (Å²) in [6, 6.07) is 0. The molecule has 0 aromatic heterocycles. The van der Waals surface area contributed by atoms with Crippen molar-refractivity contribution >= 4 is 34.8 Å². The number of hydrogen-bond donors (Lipinski definition) is 3. The van der Waals surface area contributed by atoms with E-state index in [0.29, 0.717) is 0 Å². The molecule has 4 rings (SSSR count). The second kappa shape index (κ2) is 10.3. The number of rotatable bonds is 6. The summed E-state index contributed by atoms with van der Waals surface area (Å²) in [5, 5.41) is 9.52. The maximum absolute atomic E-state index is 13.0. The summed E-state index contributed by atoms with van der Waals surface area (Å²) in [5.41, 5.74) is 4.76. The van der Waals surface area contributed by atoms with Crippen molar-refractivity contribution in [2.24, 2.45) is 17.8 Å². The van der Waals surface area contributed by atoms with Crippen LogP contribution >= 0.6 is 0 Å². The lowest BCUT2D eigenvalue weighted by molar-refractivity contribution is -0.120. The third kappa shape index (κ3) is 5.10. The van der Waals surface area contributed by atoms with Crippen LogP contribution in [0.25, 0.3) is 0 Å². The van der Waals surface area contributed by atoms with Crippen molar-refractivity contribution < 1.29 is 14.4 Å². The highest BCUT2D eigenvalue weighted by molar-refractivity contribution is 6.03. The van der Waals surface area contributed by atoms with Crippen LogP contribution in [0.4, 0.5) is 17.1 Å². The van der Waals surface area contributed by atoms with Crippen molar-refractivity contribution in [1.82, 2.24) is 0 Å². The van der Waals surface area contributed by atoms with Crippen molar-refractivity contribution in [3.63, 3.8) is 0 Å². The summed E-state index contributed by atoms with van der Waals surface area (Å²) in [6.07, 6.45) is 12.1. The molecule has 3 fully saturated rings. The van der Waals surface area contributed by atoms with E-state index in [-0.39, 0.29) is 35.5 Å². The van der Waals surface area contributed by atoms with Gasteiger partial charge in [0.1, 0.15) is 0 Å². The Labute approximate surface area is 197 Å². The van der Waals surface area contributed by atoms with E-state index in [9.17, 15) is 14.4 Å². The highest BCUT2D eigenvalue weighted by atomic mass is 16.2. The maximum Gasteiger partial charge on any atom is 0.227 e. The Kier molecular flexibility index (Phi) is 7.40. The Morgan fingerprint density at radius 1 is 0.485 bits per heavy atom. The monoisotopic (exact) mass is 453 g/mol. The first-order valence-corrected chi connectivity index (χ1v) is 12.9. The highest BCUT2D eigenvalue weighted by Crippen LogP contribution is 2.40. The molecule has 6 nitrogen and oxygen atoms in total. The van der Waals surface area contributed by atoms with Crippen LogP contribution in [0, 0.1) is 38.5 Å². The summed E-state index contributed by atoms with van der Waals surface area (Å²) in [4.78, 5) is 39.0. The minimum absolute atomic E-state index is 0.0400. The van der Waals surface area contributed by atoms with Gasteiger partial charge in [-0.2, -0.15) is 0 Å². The summed E-state index contributed by atoms with van der Waals surface area (Å²) in [6.45, 7) is 5.87. The number of carbonyl (C=O) groups excluding carboxylic acids is 3. The largest absolute Gasteiger partial charge is 0.325 e. The van der Waals surface area contributed by atoms with Crippen molar-refractivity contribution in [2.75, 3.05) is 16.0 Å². The molecular weight excluding hydrogens is 414 g/mol. The van der Waals surface area contributed by atoms with E-state index in [1.165, 1.54) is 0 Å². The zero-order chi connectivity index (χ0) is 23.5. The normalized spacial score (nSPS) is 19.7. The highest BCUT2D eigenvalue weighted by Gasteiger charge is 2.29. The lowest BCUT2D eigenvalue weighted by atomic mass is 9.96. The van der Waals surface area contributed by atoms with Gasteiger partial charge in [-0.25, -0.2) is 0 Å². The van der Waals surface area contributed by atoms with Crippen molar-refractivity contribution in [2.45, 2.75) is 97.8 Å². The molecule has 1 aromatic rings. The van der Waals surface area contributed by atoms with E-state index in [4.69, 9.17) is 0 Å². The number of amides is 3. The predicted octanol–water partition coefficient (Wildman–Crippen LogP) is 6.00. The van der Waals surface area contributed by atoms with Crippen LogP contribution in [0.3, 0.4) is 0 Å². The lowest BCUT2D eigenvalue weighted by Crippen LogP contribution is -2.26. The Balaban J connectivity index is 1.67. The smallest absolute Gasteiger partial charge is 0.227 e. The van der Waals surface area contributed by atoms with E-state index in [0.717, 1.165) is 111 Å². The molecule has 0 aliphatic heterocycles. The molecule has 3 N–H and O–H groups in total.